The molecule has 3 aromatic rings. The zero-order chi connectivity index (χ0) is 19.9. The van der Waals surface area contributed by atoms with Crippen molar-refractivity contribution < 1.29 is 14.0 Å². The maximum Gasteiger partial charge on any atom is 0.278 e. The maximum absolute atomic E-state index is 12.4. The van der Waals surface area contributed by atoms with Crippen molar-refractivity contribution in [3.8, 4) is 0 Å². The summed E-state index contributed by atoms with van der Waals surface area (Å²) in [5, 5.41) is 5.59. The van der Waals surface area contributed by atoms with E-state index in [1.54, 1.807) is 13.0 Å². The predicted molar refractivity (Wildman–Crippen MR) is 105 cm³/mol. The molecule has 0 saturated heterocycles. The largest absolute Gasteiger partial charge is 0.446 e. The second-order valence-electron chi connectivity index (χ2n) is 6.35. The number of pyridine rings is 1. The first-order valence-electron chi connectivity index (χ1n) is 9.09. The number of hydrogen-bond donors (Lipinski definition) is 2. The number of carbonyl (C=O) groups excluding carboxylic acids is 2. The molecule has 1 atom stereocenters. The fraction of sp³-hybridized carbons (Fsp3) is 0.238. The number of anilines is 1. The molecule has 2 heterocycles. The van der Waals surface area contributed by atoms with Gasteiger partial charge in [-0.3, -0.25) is 9.59 Å². The summed E-state index contributed by atoms with van der Waals surface area (Å²) in [6.07, 6.45) is 2.14. The summed E-state index contributed by atoms with van der Waals surface area (Å²) in [6.45, 7) is 3.62. The predicted octanol–water partition coefficient (Wildman–Crippen LogP) is 3.44. The Morgan fingerprint density at radius 2 is 1.86 bits per heavy atom. The molecule has 3 rings (SSSR count). The molecule has 0 radical (unpaired) electrons. The van der Waals surface area contributed by atoms with Gasteiger partial charge in [0.05, 0.1) is 0 Å². The fourth-order valence-corrected chi connectivity index (χ4v) is 2.69. The van der Waals surface area contributed by atoms with Gasteiger partial charge in [0.2, 0.25) is 11.8 Å². The SMILES string of the molecule is CCC(=O)N[C@H](Cc1ccccc1)c1nc(C(=O)Nc2cccc(C)n2)co1. The van der Waals surface area contributed by atoms with E-state index in [1.165, 1.54) is 6.26 Å². The Balaban J connectivity index is 1.77. The van der Waals surface area contributed by atoms with Crippen molar-refractivity contribution >= 4 is 17.6 Å². The van der Waals surface area contributed by atoms with Gasteiger partial charge in [-0.05, 0) is 24.6 Å². The third-order valence-electron chi connectivity index (χ3n) is 4.12. The van der Waals surface area contributed by atoms with Crippen molar-refractivity contribution in [1.82, 2.24) is 15.3 Å². The molecule has 7 nitrogen and oxygen atoms in total. The number of nitrogens with zero attached hydrogens (tertiary/aromatic N) is 2. The van der Waals surface area contributed by atoms with E-state index in [-0.39, 0.29) is 17.5 Å². The molecule has 0 aliphatic rings. The number of carbonyl (C=O) groups is 2. The molecule has 7 heteroatoms. The van der Waals surface area contributed by atoms with E-state index in [0.717, 1.165) is 11.3 Å². The smallest absolute Gasteiger partial charge is 0.278 e. The maximum atomic E-state index is 12.4. The van der Waals surface area contributed by atoms with Gasteiger partial charge in [0.15, 0.2) is 5.69 Å². The molecular weight excluding hydrogens is 356 g/mol. The molecule has 1 aromatic carbocycles. The zero-order valence-electron chi connectivity index (χ0n) is 15.8. The lowest BCUT2D eigenvalue weighted by atomic mass is 10.1. The lowest BCUT2D eigenvalue weighted by molar-refractivity contribution is -0.121. The minimum Gasteiger partial charge on any atom is -0.446 e. The number of rotatable bonds is 7. The van der Waals surface area contributed by atoms with Crippen LogP contribution in [-0.2, 0) is 11.2 Å². The Kier molecular flexibility index (Phi) is 6.16. The zero-order valence-corrected chi connectivity index (χ0v) is 15.8. The van der Waals surface area contributed by atoms with E-state index >= 15 is 0 Å². The highest BCUT2D eigenvalue weighted by Gasteiger charge is 2.22. The average molecular weight is 378 g/mol. The molecule has 28 heavy (non-hydrogen) atoms. The Bertz CT molecular complexity index is 953. The number of oxazole rings is 1. The van der Waals surface area contributed by atoms with Crippen molar-refractivity contribution in [2.24, 2.45) is 0 Å². The monoisotopic (exact) mass is 378 g/mol. The van der Waals surface area contributed by atoms with Crippen molar-refractivity contribution in [2.75, 3.05) is 5.32 Å². The minimum absolute atomic E-state index is 0.117. The first kappa shape index (κ1) is 19.3. The molecule has 0 saturated carbocycles. The summed E-state index contributed by atoms with van der Waals surface area (Å²) in [6, 6.07) is 14.6. The second-order valence-corrected chi connectivity index (χ2v) is 6.35. The van der Waals surface area contributed by atoms with Crippen LogP contribution in [0.1, 0.15) is 47.0 Å². The molecule has 0 aliphatic carbocycles. The highest BCUT2D eigenvalue weighted by Crippen LogP contribution is 2.19. The van der Waals surface area contributed by atoms with Crippen molar-refractivity contribution in [2.45, 2.75) is 32.7 Å². The highest BCUT2D eigenvalue weighted by atomic mass is 16.3. The fourth-order valence-electron chi connectivity index (χ4n) is 2.69. The van der Waals surface area contributed by atoms with Gasteiger partial charge in [0.25, 0.3) is 5.91 Å². The van der Waals surface area contributed by atoms with Crippen LogP contribution in [-0.4, -0.2) is 21.8 Å². The van der Waals surface area contributed by atoms with Crippen LogP contribution >= 0.6 is 0 Å². The highest BCUT2D eigenvalue weighted by molar-refractivity contribution is 6.02. The summed E-state index contributed by atoms with van der Waals surface area (Å²) in [4.78, 5) is 32.9. The summed E-state index contributed by atoms with van der Waals surface area (Å²) >= 11 is 0. The van der Waals surface area contributed by atoms with Crippen LogP contribution in [0.5, 0.6) is 0 Å². The number of hydrogen-bond acceptors (Lipinski definition) is 5. The topological polar surface area (TPSA) is 97.1 Å². The first-order valence-corrected chi connectivity index (χ1v) is 9.09. The van der Waals surface area contributed by atoms with Gasteiger partial charge in [-0.25, -0.2) is 9.97 Å². The van der Waals surface area contributed by atoms with Crippen LogP contribution in [0.4, 0.5) is 5.82 Å². The molecule has 0 aliphatic heterocycles. The van der Waals surface area contributed by atoms with E-state index < -0.39 is 11.9 Å². The molecular formula is C21H22N4O3. The van der Waals surface area contributed by atoms with E-state index in [4.69, 9.17) is 4.42 Å². The van der Waals surface area contributed by atoms with Crippen LogP contribution in [0.15, 0.2) is 59.2 Å². The lowest BCUT2D eigenvalue weighted by Crippen LogP contribution is -2.29. The minimum atomic E-state index is -0.464. The number of amides is 2. The number of nitrogens with one attached hydrogen (secondary N) is 2. The van der Waals surface area contributed by atoms with Crippen LogP contribution in [0.2, 0.25) is 0 Å². The summed E-state index contributed by atoms with van der Waals surface area (Å²) in [5.41, 5.74) is 1.95. The van der Waals surface area contributed by atoms with Crippen molar-refractivity contribution in [1.29, 1.82) is 0 Å². The number of aryl methyl sites for hydroxylation is 1. The number of benzene rings is 1. The lowest BCUT2D eigenvalue weighted by Gasteiger charge is -2.15. The third-order valence-corrected chi connectivity index (χ3v) is 4.12. The summed E-state index contributed by atoms with van der Waals surface area (Å²) in [7, 11) is 0. The van der Waals surface area contributed by atoms with E-state index in [2.05, 4.69) is 20.6 Å². The van der Waals surface area contributed by atoms with Gasteiger partial charge in [-0.1, -0.05) is 43.3 Å². The van der Waals surface area contributed by atoms with Gasteiger partial charge in [-0.2, -0.15) is 0 Å². The third kappa shape index (κ3) is 5.03. The Hall–Kier alpha value is -3.48. The van der Waals surface area contributed by atoms with Crippen LogP contribution in [0.3, 0.4) is 0 Å². The summed E-state index contributed by atoms with van der Waals surface area (Å²) < 4.78 is 5.52. The van der Waals surface area contributed by atoms with Gasteiger partial charge in [-0.15, -0.1) is 0 Å². The van der Waals surface area contributed by atoms with Gasteiger partial charge in [0, 0.05) is 18.5 Å². The molecule has 2 N–H and O–H groups in total. The van der Waals surface area contributed by atoms with Gasteiger partial charge < -0.3 is 15.1 Å². The van der Waals surface area contributed by atoms with Crippen LogP contribution in [0, 0.1) is 6.92 Å². The Labute approximate surface area is 163 Å². The standard InChI is InChI=1S/C21H22N4O3/c1-3-19(26)23-16(12-15-9-5-4-6-10-15)21-24-17(13-28-21)20(27)25-18-11-7-8-14(2)22-18/h4-11,13,16H,3,12H2,1-2H3,(H,23,26)(H,22,25,27)/t16-/m1/s1. The van der Waals surface area contributed by atoms with Crippen molar-refractivity contribution in [3.05, 3.63) is 77.6 Å². The molecule has 0 fully saturated rings. The normalized spacial score (nSPS) is 11.6. The second kappa shape index (κ2) is 8.94. The first-order chi connectivity index (χ1) is 13.5. The Morgan fingerprint density at radius 3 is 2.57 bits per heavy atom. The molecule has 0 spiro atoms. The molecule has 144 valence electrons. The Morgan fingerprint density at radius 1 is 1.07 bits per heavy atom. The average Bonchev–Trinajstić information content (AvgIpc) is 3.18. The number of aromatic nitrogens is 2. The van der Waals surface area contributed by atoms with Crippen molar-refractivity contribution in [3.63, 3.8) is 0 Å². The molecule has 0 unspecified atom stereocenters. The molecule has 2 amide bonds. The van der Waals surface area contributed by atoms with Crippen LogP contribution < -0.4 is 10.6 Å². The molecule has 0 bridgehead atoms. The van der Waals surface area contributed by atoms with Gasteiger partial charge >= 0.3 is 0 Å². The van der Waals surface area contributed by atoms with Crippen LogP contribution in [0.25, 0.3) is 0 Å². The quantitative estimate of drug-likeness (QED) is 0.656. The van der Waals surface area contributed by atoms with E-state index in [1.807, 2.05) is 49.4 Å². The molecule has 2 aromatic heterocycles. The van der Waals surface area contributed by atoms with Gasteiger partial charge in [0.1, 0.15) is 18.1 Å². The van der Waals surface area contributed by atoms with E-state index in [9.17, 15) is 9.59 Å². The summed E-state index contributed by atoms with van der Waals surface area (Å²) in [5.74, 6) is 0.185. The van der Waals surface area contributed by atoms with E-state index in [0.29, 0.717) is 18.7 Å².